The zero-order chi connectivity index (χ0) is 15.6. The van der Waals surface area contributed by atoms with Crippen LogP contribution in [0, 0.1) is 11.3 Å². The van der Waals surface area contributed by atoms with E-state index in [4.69, 9.17) is 9.84 Å². The van der Waals surface area contributed by atoms with Crippen LogP contribution in [0.15, 0.2) is 42.7 Å². The molecule has 1 aliphatic heterocycles. The Balaban J connectivity index is 1.92. The maximum atomic E-state index is 9.39. The average molecular weight is 304 g/mol. The molecule has 0 saturated carbocycles. The normalized spacial score (nSPS) is 15.6. The van der Waals surface area contributed by atoms with Crippen LogP contribution in [0.1, 0.15) is 24.4 Å². The summed E-state index contributed by atoms with van der Waals surface area (Å²) in [7, 11) is 0. The van der Waals surface area contributed by atoms with E-state index in [0.29, 0.717) is 11.6 Å². The van der Waals surface area contributed by atoms with E-state index < -0.39 is 0 Å². The third kappa shape index (κ3) is 2.37. The summed E-state index contributed by atoms with van der Waals surface area (Å²) in [4.78, 5) is 4.25. The van der Waals surface area contributed by atoms with Crippen molar-refractivity contribution in [3.8, 4) is 17.3 Å². The zero-order valence-electron chi connectivity index (χ0n) is 12.6. The van der Waals surface area contributed by atoms with E-state index >= 15 is 0 Å². The first-order valence-corrected chi connectivity index (χ1v) is 7.78. The second kappa shape index (κ2) is 5.82. The molecule has 0 aliphatic carbocycles. The first-order valence-electron chi connectivity index (χ1n) is 7.78. The van der Waals surface area contributed by atoms with E-state index in [2.05, 4.69) is 15.7 Å². The van der Waals surface area contributed by atoms with Gasteiger partial charge in [-0.15, -0.1) is 0 Å². The van der Waals surface area contributed by atoms with Gasteiger partial charge in [-0.1, -0.05) is 18.2 Å². The van der Waals surface area contributed by atoms with Crippen LogP contribution in [0.3, 0.4) is 0 Å². The summed E-state index contributed by atoms with van der Waals surface area (Å²) >= 11 is 0. The Hall–Kier alpha value is -2.71. The Kier molecular flexibility index (Phi) is 3.52. The monoisotopic (exact) mass is 304 g/mol. The molecule has 3 aromatic rings. The molecule has 3 heterocycles. The molecule has 0 N–H and O–H groups in total. The highest BCUT2D eigenvalue weighted by Crippen LogP contribution is 2.33. The lowest BCUT2D eigenvalue weighted by Gasteiger charge is -2.23. The molecule has 114 valence electrons. The summed E-state index contributed by atoms with van der Waals surface area (Å²) in [5.41, 5.74) is 3.39. The first kappa shape index (κ1) is 13.9. The minimum absolute atomic E-state index is 0.330. The number of fused-ring (bicyclic) bond motifs is 1. The molecule has 0 bridgehead atoms. The molecule has 2 aromatic heterocycles. The van der Waals surface area contributed by atoms with Crippen LogP contribution in [0.5, 0.6) is 0 Å². The summed E-state index contributed by atoms with van der Waals surface area (Å²) in [5, 5.41) is 15.2. The van der Waals surface area contributed by atoms with Crippen LogP contribution in [0.4, 0.5) is 0 Å². The molecule has 1 aromatic carbocycles. The van der Waals surface area contributed by atoms with Crippen LogP contribution in [0.2, 0.25) is 0 Å². The van der Waals surface area contributed by atoms with E-state index in [1.54, 1.807) is 6.20 Å². The SMILES string of the molecule is N#Cc1ccccc1-c1nn(C2CCOCC2)c2ccncc12. The van der Waals surface area contributed by atoms with Gasteiger partial charge in [-0.2, -0.15) is 10.4 Å². The Morgan fingerprint density at radius 1 is 1.17 bits per heavy atom. The van der Waals surface area contributed by atoms with Crippen molar-refractivity contribution in [3.63, 3.8) is 0 Å². The Morgan fingerprint density at radius 3 is 2.83 bits per heavy atom. The third-order valence-electron chi connectivity index (χ3n) is 4.35. The van der Waals surface area contributed by atoms with Gasteiger partial charge < -0.3 is 4.74 Å². The molecule has 0 radical (unpaired) electrons. The standard InChI is InChI=1S/C18H16N4O/c19-11-13-3-1-2-4-15(13)18-16-12-20-8-5-17(16)22(21-18)14-6-9-23-10-7-14/h1-5,8,12,14H,6-7,9-10H2. The zero-order valence-corrected chi connectivity index (χ0v) is 12.6. The van der Waals surface area contributed by atoms with Gasteiger partial charge in [0.15, 0.2) is 0 Å². The van der Waals surface area contributed by atoms with Gasteiger partial charge in [0.1, 0.15) is 5.69 Å². The lowest BCUT2D eigenvalue weighted by molar-refractivity contribution is 0.0675. The topological polar surface area (TPSA) is 63.7 Å². The minimum atomic E-state index is 0.330. The largest absolute Gasteiger partial charge is 0.381 e. The second-order valence-corrected chi connectivity index (χ2v) is 5.69. The smallest absolute Gasteiger partial charge is 0.103 e. The number of pyridine rings is 1. The predicted molar refractivity (Wildman–Crippen MR) is 86.8 cm³/mol. The Morgan fingerprint density at radius 2 is 2.00 bits per heavy atom. The second-order valence-electron chi connectivity index (χ2n) is 5.69. The van der Waals surface area contributed by atoms with Crippen molar-refractivity contribution in [2.24, 2.45) is 0 Å². The van der Waals surface area contributed by atoms with Crippen molar-refractivity contribution in [3.05, 3.63) is 48.3 Å². The lowest BCUT2D eigenvalue weighted by atomic mass is 10.0. The number of rotatable bonds is 2. The van der Waals surface area contributed by atoms with Crippen molar-refractivity contribution in [2.45, 2.75) is 18.9 Å². The molecule has 5 nitrogen and oxygen atoms in total. The van der Waals surface area contributed by atoms with Gasteiger partial charge in [-0.25, -0.2) is 0 Å². The Bertz CT molecular complexity index is 887. The van der Waals surface area contributed by atoms with Crippen molar-refractivity contribution in [1.29, 1.82) is 5.26 Å². The molecule has 1 aliphatic rings. The van der Waals surface area contributed by atoms with Gasteiger partial charge in [0.2, 0.25) is 0 Å². The maximum absolute atomic E-state index is 9.39. The van der Waals surface area contributed by atoms with Gasteiger partial charge in [0.25, 0.3) is 0 Å². The van der Waals surface area contributed by atoms with E-state index in [-0.39, 0.29) is 0 Å². The molecule has 23 heavy (non-hydrogen) atoms. The fraction of sp³-hybridized carbons (Fsp3) is 0.278. The summed E-state index contributed by atoms with van der Waals surface area (Å²) in [6.07, 6.45) is 5.54. The van der Waals surface area contributed by atoms with E-state index in [1.807, 2.05) is 36.5 Å². The molecule has 4 rings (SSSR count). The molecule has 0 spiro atoms. The summed E-state index contributed by atoms with van der Waals surface area (Å²) in [5.74, 6) is 0. The number of nitriles is 1. The molecule has 5 heteroatoms. The first-order chi connectivity index (χ1) is 11.4. The van der Waals surface area contributed by atoms with Crippen molar-refractivity contribution in [2.75, 3.05) is 13.2 Å². The number of hydrogen-bond donors (Lipinski definition) is 0. The van der Waals surface area contributed by atoms with Gasteiger partial charge in [-0.3, -0.25) is 9.67 Å². The maximum Gasteiger partial charge on any atom is 0.103 e. The van der Waals surface area contributed by atoms with Crippen LogP contribution < -0.4 is 0 Å². The van der Waals surface area contributed by atoms with Gasteiger partial charge in [0.05, 0.1) is 23.2 Å². The molecule has 0 amide bonds. The molecular formula is C18H16N4O. The summed E-state index contributed by atoms with van der Waals surface area (Å²) in [6.45, 7) is 1.53. The van der Waals surface area contributed by atoms with Crippen molar-refractivity contribution < 1.29 is 4.74 Å². The predicted octanol–water partition coefficient (Wildman–Crippen LogP) is 3.32. The number of nitrogens with zero attached hydrogens (tertiary/aromatic N) is 4. The van der Waals surface area contributed by atoms with Crippen molar-refractivity contribution >= 4 is 10.9 Å². The minimum Gasteiger partial charge on any atom is -0.381 e. The van der Waals surface area contributed by atoms with Crippen molar-refractivity contribution in [1.82, 2.24) is 14.8 Å². The number of benzene rings is 1. The Labute approximate surface area is 134 Å². The fourth-order valence-electron chi connectivity index (χ4n) is 3.18. The molecule has 0 atom stereocenters. The molecule has 0 unspecified atom stereocenters. The van der Waals surface area contributed by atoms with Crippen LogP contribution in [-0.2, 0) is 4.74 Å². The fourth-order valence-corrected chi connectivity index (χ4v) is 3.18. The third-order valence-corrected chi connectivity index (χ3v) is 4.35. The van der Waals surface area contributed by atoms with Crippen LogP contribution in [-0.4, -0.2) is 28.0 Å². The van der Waals surface area contributed by atoms with E-state index in [0.717, 1.165) is 48.2 Å². The summed E-state index contributed by atoms with van der Waals surface area (Å²) < 4.78 is 7.55. The molecule has 1 fully saturated rings. The highest BCUT2D eigenvalue weighted by molar-refractivity contribution is 5.94. The highest BCUT2D eigenvalue weighted by Gasteiger charge is 2.22. The van der Waals surface area contributed by atoms with Crippen LogP contribution in [0.25, 0.3) is 22.2 Å². The lowest BCUT2D eigenvalue weighted by Crippen LogP contribution is -2.20. The summed E-state index contributed by atoms with van der Waals surface area (Å²) in [6, 6.07) is 12.2. The molecule has 1 saturated heterocycles. The number of aromatic nitrogens is 3. The highest BCUT2D eigenvalue weighted by atomic mass is 16.5. The van der Waals surface area contributed by atoms with Crippen LogP contribution >= 0.6 is 0 Å². The number of hydrogen-bond acceptors (Lipinski definition) is 4. The quantitative estimate of drug-likeness (QED) is 0.728. The molecular weight excluding hydrogens is 288 g/mol. The van der Waals surface area contributed by atoms with Gasteiger partial charge >= 0.3 is 0 Å². The van der Waals surface area contributed by atoms with E-state index in [1.165, 1.54) is 0 Å². The van der Waals surface area contributed by atoms with E-state index in [9.17, 15) is 5.26 Å². The van der Waals surface area contributed by atoms with Gasteiger partial charge in [0, 0.05) is 36.6 Å². The average Bonchev–Trinajstić information content (AvgIpc) is 3.02. The number of ether oxygens (including phenoxy) is 1. The van der Waals surface area contributed by atoms with Gasteiger partial charge in [-0.05, 0) is 25.0 Å².